The summed E-state index contributed by atoms with van der Waals surface area (Å²) in [6, 6.07) is 17.3. The largest absolute Gasteiger partial charge is 0.489 e. The number of aromatic nitrogens is 1. The van der Waals surface area contributed by atoms with Gasteiger partial charge in [0.1, 0.15) is 12.4 Å². The van der Waals surface area contributed by atoms with Crippen LogP contribution in [0.4, 0.5) is 8.78 Å². The topological polar surface area (TPSA) is 59.4 Å². The fourth-order valence-corrected chi connectivity index (χ4v) is 5.61. The number of pyridine rings is 1. The maximum absolute atomic E-state index is 13.7. The highest BCUT2D eigenvalue weighted by Crippen LogP contribution is 2.45. The first-order valence-electron chi connectivity index (χ1n) is 11.6. The van der Waals surface area contributed by atoms with Crippen LogP contribution in [0.1, 0.15) is 45.2 Å². The number of thioether (sulfide) groups is 1. The van der Waals surface area contributed by atoms with E-state index in [0.717, 1.165) is 39.9 Å². The number of carboxylic acids is 1. The number of hydrogen-bond donors (Lipinski definition) is 1. The van der Waals surface area contributed by atoms with E-state index in [-0.39, 0.29) is 11.7 Å². The van der Waals surface area contributed by atoms with E-state index < -0.39 is 17.6 Å². The van der Waals surface area contributed by atoms with Crippen LogP contribution in [0.2, 0.25) is 0 Å². The van der Waals surface area contributed by atoms with Crippen LogP contribution in [0.3, 0.4) is 0 Å². The molecule has 7 heteroatoms. The lowest BCUT2D eigenvalue weighted by Gasteiger charge is -2.19. The van der Waals surface area contributed by atoms with Crippen LogP contribution in [0.5, 0.6) is 5.75 Å². The normalized spacial score (nSPS) is 14.5. The SMILES string of the molecule is C#Cc1cccc2c1COc1ccc(/C=C/c3ccc4cc(F)c(F)cc4n3)cc1C2SCCC(=O)O. The summed E-state index contributed by atoms with van der Waals surface area (Å²) in [5, 5.41) is 9.53. The Morgan fingerprint density at radius 1 is 1.11 bits per heavy atom. The van der Waals surface area contributed by atoms with Crippen molar-refractivity contribution in [2.75, 3.05) is 5.75 Å². The molecule has 2 heterocycles. The summed E-state index contributed by atoms with van der Waals surface area (Å²) in [4.78, 5) is 15.6. The highest BCUT2D eigenvalue weighted by molar-refractivity contribution is 7.99. The van der Waals surface area contributed by atoms with Crippen LogP contribution in [0.25, 0.3) is 23.1 Å². The third-order valence-electron chi connectivity index (χ3n) is 6.14. The lowest BCUT2D eigenvalue weighted by Crippen LogP contribution is -2.04. The first-order valence-corrected chi connectivity index (χ1v) is 12.6. The predicted molar refractivity (Wildman–Crippen MR) is 142 cm³/mol. The lowest BCUT2D eigenvalue weighted by atomic mass is 9.95. The number of halogens is 2. The van der Waals surface area contributed by atoms with Crippen LogP contribution in [-0.4, -0.2) is 21.8 Å². The minimum atomic E-state index is -0.938. The molecule has 1 atom stereocenters. The molecule has 0 saturated carbocycles. The summed E-state index contributed by atoms with van der Waals surface area (Å²) < 4.78 is 33.3. The molecular weight excluding hydrogens is 492 g/mol. The fourth-order valence-electron chi connectivity index (χ4n) is 4.32. The summed E-state index contributed by atoms with van der Waals surface area (Å²) in [6.07, 6.45) is 9.47. The van der Waals surface area contributed by atoms with Crippen molar-refractivity contribution >= 4 is 40.8 Å². The Balaban J connectivity index is 1.50. The summed E-state index contributed by atoms with van der Waals surface area (Å²) in [5.41, 5.74) is 5.47. The van der Waals surface area contributed by atoms with Crippen molar-refractivity contribution in [3.05, 3.63) is 106 Å². The van der Waals surface area contributed by atoms with E-state index in [1.165, 1.54) is 11.8 Å². The van der Waals surface area contributed by atoms with E-state index in [1.54, 1.807) is 18.2 Å². The molecule has 0 aliphatic carbocycles. The van der Waals surface area contributed by atoms with Gasteiger partial charge in [0.05, 0.1) is 22.9 Å². The zero-order valence-electron chi connectivity index (χ0n) is 19.6. The number of ether oxygens (including phenoxy) is 1. The molecule has 0 amide bonds. The zero-order valence-corrected chi connectivity index (χ0v) is 20.4. The smallest absolute Gasteiger partial charge is 0.304 e. The van der Waals surface area contributed by atoms with Crippen molar-refractivity contribution in [1.82, 2.24) is 4.98 Å². The Bertz CT molecular complexity index is 1590. The summed E-state index contributed by atoms with van der Waals surface area (Å²) in [5.74, 6) is 1.18. The number of carboxylic acid groups (broad SMARTS) is 1. The molecule has 4 aromatic rings. The van der Waals surface area contributed by atoms with Crippen LogP contribution in [-0.2, 0) is 11.4 Å². The second-order valence-electron chi connectivity index (χ2n) is 8.53. The number of aliphatic carboxylic acids is 1. The molecule has 0 radical (unpaired) electrons. The quantitative estimate of drug-likeness (QED) is 0.286. The molecule has 0 fully saturated rings. The van der Waals surface area contributed by atoms with Gasteiger partial charge >= 0.3 is 5.97 Å². The van der Waals surface area contributed by atoms with Crippen molar-refractivity contribution < 1.29 is 23.4 Å². The average molecular weight is 514 g/mol. The lowest BCUT2D eigenvalue weighted by molar-refractivity contribution is -0.136. The fraction of sp³-hybridized carbons (Fsp3) is 0.133. The van der Waals surface area contributed by atoms with Gasteiger partial charge in [0.15, 0.2) is 11.6 Å². The predicted octanol–water partition coefficient (Wildman–Crippen LogP) is 6.85. The molecule has 1 aromatic heterocycles. The molecule has 1 aliphatic heterocycles. The summed E-state index contributed by atoms with van der Waals surface area (Å²) in [7, 11) is 0. The molecule has 4 nitrogen and oxygen atoms in total. The summed E-state index contributed by atoms with van der Waals surface area (Å²) in [6.45, 7) is 0.325. The maximum atomic E-state index is 13.7. The van der Waals surface area contributed by atoms with Gasteiger partial charge in [-0.1, -0.05) is 36.3 Å². The molecule has 0 spiro atoms. The van der Waals surface area contributed by atoms with Crippen LogP contribution in [0, 0.1) is 24.0 Å². The van der Waals surface area contributed by atoms with Crippen LogP contribution < -0.4 is 4.74 Å². The number of benzene rings is 3. The van der Waals surface area contributed by atoms with E-state index in [1.807, 2.05) is 42.5 Å². The first kappa shape index (κ1) is 24.5. The maximum Gasteiger partial charge on any atom is 0.304 e. The highest BCUT2D eigenvalue weighted by Gasteiger charge is 2.27. The van der Waals surface area contributed by atoms with Gasteiger partial charge in [-0.3, -0.25) is 4.79 Å². The Labute approximate surface area is 217 Å². The van der Waals surface area contributed by atoms with Crippen molar-refractivity contribution in [3.63, 3.8) is 0 Å². The molecule has 1 N–H and O–H groups in total. The van der Waals surface area contributed by atoms with Crippen molar-refractivity contribution in [1.29, 1.82) is 0 Å². The molecule has 0 saturated heterocycles. The van der Waals surface area contributed by atoms with E-state index in [2.05, 4.69) is 10.9 Å². The van der Waals surface area contributed by atoms with E-state index in [4.69, 9.17) is 16.3 Å². The van der Waals surface area contributed by atoms with Gasteiger partial charge in [0, 0.05) is 33.9 Å². The van der Waals surface area contributed by atoms with Gasteiger partial charge < -0.3 is 9.84 Å². The minimum Gasteiger partial charge on any atom is -0.489 e. The second kappa shape index (κ2) is 10.5. The zero-order chi connectivity index (χ0) is 25.9. The highest BCUT2D eigenvalue weighted by atomic mass is 32.2. The van der Waals surface area contributed by atoms with Gasteiger partial charge in [-0.05, 0) is 47.5 Å². The van der Waals surface area contributed by atoms with Crippen LogP contribution in [0.15, 0.2) is 60.7 Å². The minimum absolute atomic E-state index is 0.0409. The molecule has 184 valence electrons. The number of nitrogens with zero attached hydrogens (tertiary/aromatic N) is 1. The molecular formula is C30H21F2NO3S. The van der Waals surface area contributed by atoms with Crippen molar-refractivity contribution in [3.8, 4) is 18.1 Å². The Kier molecular flexibility index (Phi) is 6.93. The number of terminal acetylenes is 1. The third kappa shape index (κ3) is 5.20. The molecule has 1 unspecified atom stereocenters. The van der Waals surface area contributed by atoms with Gasteiger partial charge in [-0.2, -0.15) is 0 Å². The Morgan fingerprint density at radius 3 is 2.76 bits per heavy atom. The second-order valence-corrected chi connectivity index (χ2v) is 9.74. The Morgan fingerprint density at radius 2 is 1.95 bits per heavy atom. The standard InChI is InChI=1S/C30H21F2NO3S/c1-2-19-4-3-5-22-24(19)17-36-28-11-7-18(14-23(28)30(22)37-13-12-29(34)35)6-9-21-10-8-20-15-25(31)26(32)16-27(20)33-21/h1,3-11,14-16,30H,12-13,17H2,(H,34,35)/b9-6+. The van der Waals surface area contributed by atoms with E-state index in [9.17, 15) is 13.6 Å². The molecule has 37 heavy (non-hydrogen) atoms. The van der Waals surface area contributed by atoms with Gasteiger partial charge in [-0.15, -0.1) is 18.2 Å². The monoisotopic (exact) mass is 513 g/mol. The van der Waals surface area contributed by atoms with Crippen molar-refractivity contribution in [2.45, 2.75) is 18.3 Å². The van der Waals surface area contributed by atoms with Gasteiger partial charge in [0.25, 0.3) is 0 Å². The molecule has 5 rings (SSSR count). The number of hydrogen-bond acceptors (Lipinski definition) is 4. The Hall–Kier alpha value is -4.15. The first-order chi connectivity index (χ1) is 17.9. The van der Waals surface area contributed by atoms with Crippen LogP contribution >= 0.6 is 11.8 Å². The van der Waals surface area contributed by atoms with Gasteiger partial charge in [0.2, 0.25) is 0 Å². The molecule has 3 aromatic carbocycles. The number of carbonyl (C=O) groups is 1. The van der Waals surface area contributed by atoms with Gasteiger partial charge in [-0.25, -0.2) is 13.8 Å². The van der Waals surface area contributed by atoms with E-state index in [0.29, 0.717) is 34.7 Å². The molecule has 0 bridgehead atoms. The third-order valence-corrected chi connectivity index (χ3v) is 7.42. The van der Waals surface area contributed by atoms with E-state index >= 15 is 0 Å². The number of rotatable bonds is 6. The van der Waals surface area contributed by atoms with Crippen molar-refractivity contribution in [2.24, 2.45) is 0 Å². The summed E-state index contributed by atoms with van der Waals surface area (Å²) >= 11 is 1.54. The average Bonchev–Trinajstić information content (AvgIpc) is 3.04. The molecule has 1 aliphatic rings. The number of fused-ring (bicyclic) bond motifs is 3.